The van der Waals surface area contributed by atoms with Crippen molar-refractivity contribution in [2.24, 2.45) is 4.99 Å². The molecule has 0 aliphatic rings. The van der Waals surface area contributed by atoms with Crippen LogP contribution in [0.15, 0.2) is 114 Å². The number of carbonyl (C=O) groups is 1. The highest BCUT2D eigenvalue weighted by molar-refractivity contribution is 6.14. The number of aryl methyl sites for hydroxylation is 1. The molecular weight excluding hydrogens is 468 g/mol. The first-order chi connectivity index (χ1) is 18.5. The average molecular weight is 499 g/mol. The number of nitrogens with one attached hydrogen (secondary N) is 1. The molecule has 0 saturated heterocycles. The second-order valence-electron chi connectivity index (χ2n) is 9.59. The van der Waals surface area contributed by atoms with Gasteiger partial charge in [0.15, 0.2) is 0 Å². The zero-order valence-electron chi connectivity index (χ0n) is 21.8. The van der Waals surface area contributed by atoms with Gasteiger partial charge in [-0.1, -0.05) is 72.8 Å². The smallest absolute Gasteiger partial charge is 0.255 e. The van der Waals surface area contributed by atoms with E-state index >= 15 is 0 Å². The molecular formula is C33H30N4O. The minimum Gasteiger partial charge on any atom is -0.322 e. The molecule has 0 saturated carbocycles. The van der Waals surface area contributed by atoms with Gasteiger partial charge in [0.1, 0.15) is 0 Å². The van der Waals surface area contributed by atoms with Gasteiger partial charge in [-0.3, -0.25) is 9.78 Å². The van der Waals surface area contributed by atoms with Crippen LogP contribution < -0.4 is 5.32 Å². The summed E-state index contributed by atoms with van der Waals surface area (Å²) >= 11 is 0. The molecule has 38 heavy (non-hydrogen) atoms. The van der Waals surface area contributed by atoms with E-state index in [1.54, 1.807) is 0 Å². The maximum atomic E-state index is 13.4. The summed E-state index contributed by atoms with van der Waals surface area (Å²) in [4.78, 5) is 25.0. The normalized spacial score (nSPS) is 10.9. The first-order valence-corrected chi connectivity index (χ1v) is 12.6. The van der Waals surface area contributed by atoms with Crippen LogP contribution >= 0.6 is 0 Å². The van der Waals surface area contributed by atoms with Crippen molar-refractivity contribution in [3.8, 4) is 0 Å². The highest BCUT2D eigenvalue weighted by Gasteiger charge is 2.13. The van der Waals surface area contributed by atoms with Crippen LogP contribution in [0.25, 0.3) is 10.9 Å². The lowest BCUT2D eigenvalue weighted by molar-refractivity contribution is 0.102. The molecule has 188 valence electrons. The monoisotopic (exact) mass is 498 g/mol. The second-order valence-corrected chi connectivity index (χ2v) is 9.59. The Balaban J connectivity index is 1.53. The molecule has 0 spiro atoms. The maximum Gasteiger partial charge on any atom is 0.255 e. The minimum atomic E-state index is -0.167. The molecule has 5 nitrogen and oxygen atoms in total. The topological polar surface area (TPSA) is 57.6 Å². The third-order valence-electron chi connectivity index (χ3n) is 6.25. The van der Waals surface area contributed by atoms with Gasteiger partial charge < -0.3 is 10.2 Å². The quantitative estimate of drug-likeness (QED) is 0.245. The van der Waals surface area contributed by atoms with Gasteiger partial charge >= 0.3 is 0 Å². The first-order valence-electron chi connectivity index (χ1n) is 12.6. The van der Waals surface area contributed by atoms with Gasteiger partial charge in [-0.25, -0.2) is 4.99 Å². The molecule has 1 N–H and O–H groups in total. The Kier molecular flexibility index (Phi) is 7.38. The zero-order chi connectivity index (χ0) is 26.5. The van der Waals surface area contributed by atoms with Gasteiger partial charge in [0.25, 0.3) is 5.91 Å². The number of amides is 1. The molecule has 5 aromatic rings. The van der Waals surface area contributed by atoms with Crippen molar-refractivity contribution in [2.45, 2.75) is 13.5 Å². The van der Waals surface area contributed by atoms with E-state index in [4.69, 9.17) is 4.99 Å². The number of anilines is 1. The molecule has 0 atom stereocenters. The molecule has 0 aliphatic carbocycles. The number of rotatable bonds is 7. The van der Waals surface area contributed by atoms with Crippen LogP contribution in [-0.2, 0) is 6.54 Å². The predicted octanol–water partition coefficient (Wildman–Crippen LogP) is 7.03. The molecule has 5 heteroatoms. The fraction of sp³-hybridized carbons (Fsp3) is 0.121. The fourth-order valence-electron chi connectivity index (χ4n) is 4.41. The Bertz CT molecular complexity index is 1570. The van der Waals surface area contributed by atoms with Gasteiger partial charge in [-0.2, -0.15) is 0 Å². The summed E-state index contributed by atoms with van der Waals surface area (Å²) in [6.07, 6.45) is 0. The van der Waals surface area contributed by atoms with Crippen molar-refractivity contribution in [3.05, 3.63) is 137 Å². The van der Waals surface area contributed by atoms with E-state index in [-0.39, 0.29) is 5.91 Å². The van der Waals surface area contributed by atoms with E-state index in [0.29, 0.717) is 12.1 Å². The van der Waals surface area contributed by atoms with Crippen LogP contribution in [0, 0.1) is 6.92 Å². The summed E-state index contributed by atoms with van der Waals surface area (Å²) < 4.78 is 0. The van der Waals surface area contributed by atoms with Crippen molar-refractivity contribution in [1.82, 2.24) is 9.88 Å². The van der Waals surface area contributed by atoms with Gasteiger partial charge in [0.05, 0.1) is 16.9 Å². The molecule has 0 unspecified atom stereocenters. The summed E-state index contributed by atoms with van der Waals surface area (Å²) in [6.45, 7) is 2.65. The third kappa shape index (κ3) is 5.85. The summed E-state index contributed by atoms with van der Waals surface area (Å²) in [5.74, 6) is -0.167. The molecule has 0 aliphatic heterocycles. The molecule has 1 aromatic heterocycles. The minimum absolute atomic E-state index is 0.167. The zero-order valence-corrected chi connectivity index (χ0v) is 21.8. The van der Waals surface area contributed by atoms with E-state index in [1.165, 1.54) is 0 Å². The van der Waals surface area contributed by atoms with Crippen LogP contribution in [0.2, 0.25) is 0 Å². The Labute approximate surface area is 223 Å². The number of pyridine rings is 1. The van der Waals surface area contributed by atoms with Crippen molar-refractivity contribution in [3.63, 3.8) is 0 Å². The molecule has 1 heterocycles. The number of carbonyl (C=O) groups excluding carboxylic acids is 1. The molecule has 4 aromatic carbocycles. The number of aromatic nitrogens is 1. The van der Waals surface area contributed by atoms with Crippen LogP contribution in [0.1, 0.15) is 32.7 Å². The third-order valence-corrected chi connectivity index (χ3v) is 6.25. The van der Waals surface area contributed by atoms with Crippen LogP contribution in [0.5, 0.6) is 0 Å². The lowest BCUT2D eigenvalue weighted by Gasteiger charge is -2.16. The second kappa shape index (κ2) is 11.2. The number of nitrogens with zero attached hydrogens (tertiary/aromatic N) is 3. The molecule has 0 radical (unpaired) electrons. The van der Waals surface area contributed by atoms with Crippen molar-refractivity contribution in [1.29, 1.82) is 0 Å². The number of aliphatic imine (C=N–C) groups is 1. The van der Waals surface area contributed by atoms with Crippen LogP contribution in [-0.4, -0.2) is 35.6 Å². The van der Waals surface area contributed by atoms with Gasteiger partial charge in [-0.05, 0) is 63.0 Å². The highest BCUT2D eigenvalue weighted by Crippen LogP contribution is 2.27. The SMILES string of the molecule is Cc1ccc2cc(C(=O)Nc3cc(N=C(c4ccccc4)c4ccccc4)ccc3CN(C)C)ccc2n1. The van der Waals surface area contributed by atoms with E-state index < -0.39 is 0 Å². The van der Waals surface area contributed by atoms with Crippen molar-refractivity contribution in [2.75, 3.05) is 19.4 Å². The Morgan fingerprint density at radius 1 is 0.789 bits per heavy atom. The average Bonchev–Trinajstić information content (AvgIpc) is 2.93. The fourth-order valence-corrected chi connectivity index (χ4v) is 4.41. The maximum absolute atomic E-state index is 13.4. The van der Waals surface area contributed by atoms with Crippen molar-refractivity contribution >= 4 is 33.9 Å². The Hall–Kier alpha value is -4.61. The Morgan fingerprint density at radius 3 is 2.13 bits per heavy atom. The largest absolute Gasteiger partial charge is 0.322 e. The number of hydrogen-bond acceptors (Lipinski definition) is 4. The molecule has 0 bridgehead atoms. The molecule has 1 amide bonds. The van der Waals surface area contributed by atoms with E-state index in [2.05, 4.69) is 39.5 Å². The van der Waals surface area contributed by atoms with E-state index in [0.717, 1.165) is 50.4 Å². The highest BCUT2D eigenvalue weighted by atomic mass is 16.1. The summed E-state index contributed by atoms with van der Waals surface area (Å²) in [7, 11) is 4.03. The first kappa shape index (κ1) is 25.1. The Morgan fingerprint density at radius 2 is 1.47 bits per heavy atom. The predicted molar refractivity (Wildman–Crippen MR) is 156 cm³/mol. The number of benzene rings is 4. The van der Waals surface area contributed by atoms with E-state index in [1.807, 2.05) is 106 Å². The van der Waals surface area contributed by atoms with Gasteiger partial charge in [-0.15, -0.1) is 0 Å². The lowest BCUT2D eigenvalue weighted by Crippen LogP contribution is -2.16. The van der Waals surface area contributed by atoms with Crippen LogP contribution in [0.3, 0.4) is 0 Å². The lowest BCUT2D eigenvalue weighted by atomic mass is 10.0. The van der Waals surface area contributed by atoms with Crippen LogP contribution in [0.4, 0.5) is 11.4 Å². The van der Waals surface area contributed by atoms with Gasteiger partial charge in [0, 0.05) is 40.0 Å². The molecule has 5 rings (SSSR count). The standard InChI is InChI=1S/C33H30N4O/c1-23-14-15-26-20-27(17-19-30(26)34-23)33(38)36-31-21-29(18-16-28(31)22-37(2)3)35-32(24-10-6-4-7-11-24)25-12-8-5-9-13-25/h4-21H,22H2,1-3H3,(H,36,38). The summed E-state index contributed by atoms with van der Waals surface area (Å²) in [6, 6.07) is 35.8. The number of fused-ring (bicyclic) bond motifs is 1. The number of hydrogen-bond donors (Lipinski definition) is 1. The summed E-state index contributed by atoms with van der Waals surface area (Å²) in [5, 5.41) is 4.08. The van der Waals surface area contributed by atoms with E-state index in [9.17, 15) is 4.79 Å². The summed E-state index contributed by atoms with van der Waals surface area (Å²) in [5.41, 5.74) is 7.87. The molecule has 0 fully saturated rings. The van der Waals surface area contributed by atoms with Crippen molar-refractivity contribution < 1.29 is 4.79 Å². The van der Waals surface area contributed by atoms with Gasteiger partial charge in [0.2, 0.25) is 0 Å².